The SMILES string of the molecule is CCOC(=O)Nc1cccc(C(=O)Nc2cccc(N)n2)c1. The van der Waals surface area contributed by atoms with Crippen molar-refractivity contribution in [3.63, 3.8) is 0 Å². The van der Waals surface area contributed by atoms with Crippen LogP contribution in [-0.4, -0.2) is 23.6 Å². The van der Waals surface area contributed by atoms with Gasteiger partial charge in [0.2, 0.25) is 0 Å². The van der Waals surface area contributed by atoms with Gasteiger partial charge in [-0.25, -0.2) is 9.78 Å². The molecule has 0 spiro atoms. The van der Waals surface area contributed by atoms with E-state index in [4.69, 9.17) is 10.5 Å². The van der Waals surface area contributed by atoms with E-state index in [1.165, 1.54) is 0 Å². The van der Waals surface area contributed by atoms with Crippen LogP contribution in [0.25, 0.3) is 0 Å². The van der Waals surface area contributed by atoms with E-state index in [2.05, 4.69) is 15.6 Å². The van der Waals surface area contributed by atoms with Gasteiger partial charge in [-0.15, -0.1) is 0 Å². The van der Waals surface area contributed by atoms with Crippen molar-refractivity contribution in [3.8, 4) is 0 Å². The zero-order chi connectivity index (χ0) is 15.9. The zero-order valence-corrected chi connectivity index (χ0v) is 12.0. The van der Waals surface area contributed by atoms with Crippen molar-refractivity contribution in [2.45, 2.75) is 6.92 Å². The number of nitrogen functional groups attached to an aromatic ring is 1. The van der Waals surface area contributed by atoms with Crippen LogP contribution in [-0.2, 0) is 4.74 Å². The largest absolute Gasteiger partial charge is 0.450 e. The number of carbonyl (C=O) groups excluding carboxylic acids is 2. The number of hydrogen-bond acceptors (Lipinski definition) is 5. The fourth-order valence-corrected chi connectivity index (χ4v) is 1.73. The number of nitrogens with one attached hydrogen (secondary N) is 2. The Morgan fingerprint density at radius 2 is 1.95 bits per heavy atom. The zero-order valence-electron chi connectivity index (χ0n) is 12.0. The van der Waals surface area contributed by atoms with Crippen LogP contribution in [0.1, 0.15) is 17.3 Å². The van der Waals surface area contributed by atoms with E-state index >= 15 is 0 Å². The average Bonchev–Trinajstić information content (AvgIpc) is 2.47. The first-order valence-electron chi connectivity index (χ1n) is 6.66. The number of carbonyl (C=O) groups is 2. The number of aromatic nitrogens is 1. The molecule has 0 aliphatic heterocycles. The molecule has 7 heteroatoms. The smallest absolute Gasteiger partial charge is 0.411 e. The number of rotatable bonds is 4. The molecule has 0 saturated heterocycles. The molecule has 2 aromatic rings. The van der Waals surface area contributed by atoms with Gasteiger partial charge in [0.05, 0.1) is 6.61 Å². The first kappa shape index (κ1) is 15.3. The molecule has 0 radical (unpaired) electrons. The third kappa shape index (κ3) is 4.20. The van der Waals surface area contributed by atoms with Crippen LogP contribution >= 0.6 is 0 Å². The van der Waals surface area contributed by atoms with Gasteiger partial charge in [-0.05, 0) is 37.3 Å². The van der Waals surface area contributed by atoms with Crippen LogP contribution < -0.4 is 16.4 Å². The minimum Gasteiger partial charge on any atom is -0.450 e. The highest BCUT2D eigenvalue weighted by molar-refractivity contribution is 6.04. The van der Waals surface area contributed by atoms with E-state index in [1.54, 1.807) is 49.4 Å². The normalized spacial score (nSPS) is 9.86. The quantitative estimate of drug-likeness (QED) is 0.804. The lowest BCUT2D eigenvalue weighted by Gasteiger charge is -2.08. The van der Waals surface area contributed by atoms with E-state index < -0.39 is 6.09 Å². The Balaban J connectivity index is 2.08. The second kappa shape index (κ2) is 7.07. The maximum Gasteiger partial charge on any atom is 0.411 e. The van der Waals surface area contributed by atoms with Gasteiger partial charge >= 0.3 is 6.09 Å². The van der Waals surface area contributed by atoms with Crippen molar-refractivity contribution in [1.29, 1.82) is 0 Å². The second-order valence-electron chi connectivity index (χ2n) is 4.33. The van der Waals surface area contributed by atoms with E-state index in [-0.39, 0.29) is 12.5 Å². The van der Waals surface area contributed by atoms with Gasteiger partial charge < -0.3 is 15.8 Å². The maximum absolute atomic E-state index is 12.2. The molecule has 2 amide bonds. The predicted octanol–water partition coefficient (Wildman–Crippen LogP) is 2.48. The van der Waals surface area contributed by atoms with Crippen molar-refractivity contribution in [3.05, 3.63) is 48.0 Å². The number of amides is 2. The minimum absolute atomic E-state index is 0.271. The number of nitrogens with zero attached hydrogens (tertiary/aromatic N) is 1. The van der Waals surface area contributed by atoms with Crippen molar-refractivity contribution >= 4 is 29.3 Å². The van der Waals surface area contributed by atoms with Gasteiger partial charge in [0.15, 0.2) is 0 Å². The van der Waals surface area contributed by atoms with Crippen molar-refractivity contribution in [2.24, 2.45) is 0 Å². The lowest BCUT2D eigenvalue weighted by molar-refractivity contribution is 0.102. The summed E-state index contributed by atoms with van der Waals surface area (Å²) in [6, 6.07) is 11.4. The first-order chi connectivity index (χ1) is 10.6. The van der Waals surface area contributed by atoms with Gasteiger partial charge in [0.25, 0.3) is 5.91 Å². The molecule has 7 nitrogen and oxygen atoms in total. The maximum atomic E-state index is 12.2. The molecule has 0 aliphatic rings. The van der Waals surface area contributed by atoms with Crippen LogP contribution in [0.3, 0.4) is 0 Å². The van der Waals surface area contributed by atoms with Crippen LogP contribution in [0.5, 0.6) is 0 Å². The summed E-state index contributed by atoms with van der Waals surface area (Å²) in [5.41, 5.74) is 6.39. The lowest BCUT2D eigenvalue weighted by Crippen LogP contribution is -2.16. The number of anilines is 3. The first-order valence-corrected chi connectivity index (χ1v) is 6.66. The van der Waals surface area contributed by atoms with Crippen molar-refractivity contribution in [2.75, 3.05) is 23.0 Å². The Labute approximate surface area is 127 Å². The molecule has 114 valence electrons. The summed E-state index contributed by atoms with van der Waals surface area (Å²) in [5, 5.41) is 5.17. The summed E-state index contributed by atoms with van der Waals surface area (Å²) in [6.45, 7) is 1.98. The highest BCUT2D eigenvalue weighted by Crippen LogP contribution is 2.13. The molecule has 0 aliphatic carbocycles. The summed E-state index contributed by atoms with van der Waals surface area (Å²) in [5.74, 6) is 0.315. The topological polar surface area (TPSA) is 106 Å². The van der Waals surface area contributed by atoms with Gasteiger partial charge in [-0.1, -0.05) is 12.1 Å². The third-order valence-corrected chi connectivity index (χ3v) is 2.66. The molecule has 0 unspecified atom stereocenters. The van der Waals surface area contributed by atoms with E-state index in [0.717, 1.165) is 0 Å². The van der Waals surface area contributed by atoms with Gasteiger partial charge in [0, 0.05) is 11.3 Å². The van der Waals surface area contributed by atoms with E-state index in [0.29, 0.717) is 22.9 Å². The Morgan fingerprint density at radius 3 is 2.68 bits per heavy atom. The predicted molar refractivity (Wildman–Crippen MR) is 83.7 cm³/mol. The van der Waals surface area contributed by atoms with Crippen LogP contribution in [0.2, 0.25) is 0 Å². The van der Waals surface area contributed by atoms with Gasteiger partial charge in [-0.3, -0.25) is 10.1 Å². The van der Waals surface area contributed by atoms with Crippen LogP contribution in [0.15, 0.2) is 42.5 Å². The molecule has 1 heterocycles. The summed E-state index contributed by atoms with van der Waals surface area (Å²) in [6.07, 6.45) is -0.572. The Hall–Kier alpha value is -3.09. The van der Waals surface area contributed by atoms with Gasteiger partial charge in [0.1, 0.15) is 11.6 Å². The molecular weight excluding hydrogens is 284 g/mol. The fourth-order valence-electron chi connectivity index (χ4n) is 1.73. The summed E-state index contributed by atoms with van der Waals surface area (Å²) >= 11 is 0. The van der Waals surface area contributed by atoms with E-state index in [1.807, 2.05) is 0 Å². The third-order valence-electron chi connectivity index (χ3n) is 2.66. The summed E-state index contributed by atoms with van der Waals surface area (Å²) in [4.78, 5) is 27.5. The molecule has 0 bridgehead atoms. The highest BCUT2D eigenvalue weighted by atomic mass is 16.5. The molecule has 1 aromatic carbocycles. The Morgan fingerprint density at radius 1 is 1.18 bits per heavy atom. The monoisotopic (exact) mass is 300 g/mol. The summed E-state index contributed by atoms with van der Waals surface area (Å²) in [7, 11) is 0. The molecule has 4 N–H and O–H groups in total. The highest BCUT2D eigenvalue weighted by Gasteiger charge is 2.09. The number of ether oxygens (including phenoxy) is 1. The molecular formula is C15H16N4O3. The number of pyridine rings is 1. The molecule has 0 saturated carbocycles. The average molecular weight is 300 g/mol. The number of hydrogen-bond donors (Lipinski definition) is 3. The molecule has 2 rings (SSSR count). The van der Waals surface area contributed by atoms with Crippen LogP contribution in [0.4, 0.5) is 22.1 Å². The fraction of sp³-hybridized carbons (Fsp3) is 0.133. The van der Waals surface area contributed by atoms with Crippen molar-refractivity contribution < 1.29 is 14.3 Å². The molecule has 1 aromatic heterocycles. The lowest BCUT2D eigenvalue weighted by atomic mass is 10.2. The molecule has 22 heavy (non-hydrogen) atoms. The van der Waals surface area contributed by atoms with Crippen molar-refractivity contribution in [1.82, 2.24) is 4.98 Å². The van der Waals surface area contributed by atoms with Gasteiger partial charge in [-0.2, -0.15) is 0 Å². The second-order valence-corrected chi connectivity index (χ2v) is 4.33. The molecule has 0 fully saturated rings. The number of benzene rings is 1. The number of nitrogens with two attached hydrogens (primary N) is 1. The minimum atomic E-state index is -0.572. The Kier molecular flexibility index (Phi) is 4.92. The standard InChI is InChI=1S/C15H16N4O3/c1-2-22-15(21)17-11-6-3-5-10(9-11)14(20)19-13-8-4-7-12(16)18-13/h3-9H,2H2,1H3,(H,17,21)(H3,16,18,19,20). The summed E-state index contributed by atoms with van der Waals surface area (Å²) < 4.78 is 4.78. The Bertz CT molecular complexity index is 688. The van der Waals surface area contributed by atoms with E-state index in [9.17, 15) is 9.59 Å². The van der Waals surface area contributed by atoms with Crippen LogP contribution in [0, 0.1) is 0 Å². The molecule has 0 atom stereocenters.